The minimum Gasteiger partial charge on any atom is -0.399 e. The first-order chi connectivity index (χ1) is 9.67. The minimum absolute atomic E-state index is 0.331. The molecule has 2 aromatic rings. The van der Waals surface area contributed by atoms with Gasteiger partial charge in [-0.15, -0.1) is 0 Å². The van der Waals surface area contributed by atoms with E-state index in [1.54, 1.807) is 36.4 Å². The third kappa shape index (κ3) is 3.75. The summed E-state index contributed by atoms with van der Waals surface area (Å²) in [5.74, 6) is 0. The number of anilines is 3. The third-order valence-corrected chi connectivity index (χ3v) is 2.66. The van der Waals surface area contributed by atoms with Gasteiger partial charge in [-0.25, -0.2) is 4.79 Å². The number of nitrogens with one attached hydrogen (secondary N) is 2. The van der Waals surface area contributed by atoms with E-state index < -0.39 is 0 Å². The van der Waals surface area contributed by atoms with Crippen molar-refractivity contribution >= 4 is 23.1 Å². The lowest BCUT2D eigenvalue weighted by Gasteiger charge is -2.08. The molecule has 0 fully saturated rings. The number of carbonyl (C=O) groups is 1. The second-order valence-electron chi connectivity index (χ2n) is 4.23. The molecule has 5 heteroatoms. The number of nitriles is 1. The van der Waals surface area contributed by atoms with Crippen molar-refractivity contribution in [2.24, 2.45) is 0 Å². The van der Waals surface area contributed by atoms with Gasteiger partial charge in [-0.3, -0.25) is 0 Å². The molecule has 0 heterocycles. The van der Waals surface area contributed by atoms with Crippen molar-refractivity contribution in [1.29, 1.82) is 5.26 Å². The van der Waals surface area contributed by atoms with Crippen molar-refractivity contribution in [1.82, 2.24) is 0 Å². The summed E-state index contributed by atoms with van der Waals surface area (Å²) in [7, 11) is 0. The number of hydrogen-bond donors (Lipinski definition) is 3. The highest BCUT2D eigenvalue weighted by atomic mass is 16.2. The number of rotatable bonds is 3. The first-order valence-electron chi connectivity index (χ1n) is 6.07. The van der Waals surface area contributed by atoms with Gasteiger partial charge in [-0.05, 0) is 42.0 Å². The predicted octanol–water partition coefficient (Wildman–Crippen LogP) is 2.98. The second kappa shape index (κ2) is 6.25. The number of amides is 2. The van der Waals surface area contributed by atoms with Crippen LogP contribution >= 0.6 is 0 Å². The molecule has 0 radical (unpaired) electrons. The number of hydrogen-bond acceptors (Lipinski definition) is 3. The molecule has 2 aromatic carbocycles. The highest BCUT2D eigenvalue weighted by Gasteiger charge is 2.02. The topological polar surface area (TPSA) is 90.9 Å². The Bertz CT molecular complexity index is 626. The smallest absolute Gasteiger partial charge is 0.323 e. The Balaban J connectivity index is 1.94. The summed E-state index contributed by atoms with van der Waals surface area (Å²) in [6.45, 7) is 0. The number of nitrogen functional groups attached to an aromatic ring is 1. The average Bonchev–Trinajstić information content (AvgIpc) is 2.44. The Hall–Kier alpha value is -3.00. The predicted molar refractivity (Wildman–Crippen MR) is 79.3 cm³/mol. The molecule has 0 aromatic heterocycles. The summed E-state index contributed by atoms with van der Waals surface area (Å²) in [6.07, 6.45) is 0.359. The summed E-state index contributed by atoms with van der Waals surface area (Å²) in [4.78, 5) is 11.8. The van der Waals surface area contributed by atoms with Crippen molar-refractivity contribution < 1.29 is 4.79 Å². The molecular formula is C15H14N4O. The van der Waals surface area contributed by atoms with Gasteiger partial charge in [0.05, 0.1) is 12.5 Å². The Morgan fingerprint density at radius 3 is 2.00 bits per heavy atom. The van der Waals surface area contributed by atoms with Crippen LogP contribution in [0.1, 0.15) is 5.56 Å². The lowest BCUT2D eigenvalue weighted by Crippen LogP contribution is -2.19. The fourth-order valence-electron chi connectivity index (χ4n) is 1.66. The van der Waals surface area contributed by atoms with Crippen molar-refractivity contribution in [2.45, 2.75) is 6.42 Å². The Morgan fingerprint density at radius 1 is 1.00 bits per heavy atom. The molecule has 0 aliphatic heterocycles. The van der Waals surface area contributed by atoms with Gasteiger partial charge in [0, 0.05) is 17.1 Å². The van der Waals surface area contributed by atoms with Crippen molar-refractivity contribution in [3.8, 4) is 6.07 Å². The molecule has 0 aliphatic carbocycles. The number of benzene rings is 2. The van der Waals surface area contributed by atoms with Gasteiger partial charge < -0.3 is 16.4 Å². The van der Waals surface area contributed by atoms with Gasteiger partial charge in [-0.1, -0.05) is 12.1 Å². The molecule has 0 bridgehead atoms. The van der Waals surface area contributed by atoms with E-state index >= 15 is 0 Å². The SMILES string of the molecule is N#CCc1ccc(NC(=O)Nc2ccc(N)cc2)cc1. The van der Waals surface area contributed by atoms with Crippen molar-refractivity contribution in [3.05, 3.63) is 54.1 Å². The monoisotopic (exact) mass is 266 g/mol. The van der Waals surface area contributed by atoms with E-state index in [2.05, 4.69) is 16.7 Å². The van der Waals surface area contributed by atoms with E-state index in [9.17, 15) is 4.79 Å². The third-order valence-electron chi connectivity index (χ3n) is 2.66. The quantitative estimate of drug-likeness (QED) is 0.746. The maximum Gasteiger partial charge on any atom is 0.323 e. The fourth-order valence-corrected chi connectivity index (χ4v) is 1.66. The summed E-state index contributed by atoms with van der Waals surface area (Å²) in [6, 6.07) is 15.8. The van der Waals surface area contributed by atoms with Gasteiger partial charge in [-0.2, -0.15) is 5.26 Å². The summed E-state index contributed by atoms with van der Waals surface area (Å²) < 4.78 is 0. The molecule has 0 saturated heterocycles. The molecule has 2 rings (SSSR count). The zero-order valence-electron chi connectivity index (χ0n) is 10.8. The first-order valence-corrected chi connectivity index (χ1v) is 6.07. The van der Waals surface area contributed by atoms with Gasteiger partial charge in [0.25, 0.3) is 0 Å². The van der Waals surface area contributed by atoms with Crippen LogP contribution in [0.15, 0.2) is 48.5 Å². The zero-order chi connectivity index (χ0) is 14.4. The van der Waals surface area contributed by atoms with Crippen LogP contribution in [-0.2, 0) is 6.42 Å². The average molecular weight is 266 g/mol. The van der Waals surface area contributed by atoms with E-state index in [-0.39, 0.29) is 6.03 Å². The molecule has 100 valence electrons. The standard InChI is InChI=1S/C15H14N4O/c16-10-9-11-1-5-13(6-2-11)18-15(20)19-14-7-3-12(17)4-8-14/h1-8H,9,17H2,(H2,18,19,20). The molecule has 4 N–H and O–H groups in total. The van der Waals surface area contributed by atoms with Crippen molar-refractivity contribution in [2.75, 3.05) is 16.4 Å². The van der Waals surface area contributed by atoms with Crippen LogP contribution in [0, 0.1) is 11.3 Å². The molecule has 0 atom stereocenters. The molecule has 0 aliphatic rings. The van der Waals surface area contributed by atoms with Gasteiger partial charge >= 0.3 is 6.03 Å². The second-order valence-corrected chi connectivity index (χ2v) is 4.23. The number of urea groups is 1. The Kier molecular flexibility index (Phi) is 4.20. The van der Waals surface area contributed by atoms with E-state index in [1.165, 1.54) is 0 Å². The summed E-state index contributed by atoms with van der Waals surface area (Å²) in [5.41, 5.74) is 8.46. The molecule has 0 spiro atoms. The Morgan fingerprint density at radius 2 is 1.50 bits per heavy atom. The normalized spacial score (nSPS) is 9.55. The molecule has 0 unspecified atom stereocenters. The van der Waals surface area contributed by atoms with Crippen LogP contribution in [-0.4, -0.2) is 6.03 Å². The minimum atomic E-state index is -0.331. The van der Waals surface area contributed by atoms with E-state index in [0.717, 1.165) is 5.56 Å². The molecule has 5 nitrogen and oxygen atoms in total. The maximum atomic E-state index is 11.8. The Labute approximate surface area is 117 Å². The van der Waals surface area contributed by atoms with Gasteiger partial charge in [0.2, 0.25) is 0 Å². The lowest BCUT2D eigenvalue weighted by molar-refractivity contribution is 0.262. The van der Waals surface area contributed by atoms with Crippen LogP contribution in [0.3, 0.4) is 0 Å². The van der Waals surface area contributed by atoms with E-state index in [0.29, 0.717) is 23.5 Å². The number of carbonyl (C=O) groups excluding carboxylic acids is 1. The molecular weight excluding hydrogens is 252 g/mol. The number of nitrogens with zero attached hydrogens (tertiary/aromatic N) is 1. The fraction of sp³-hybridized carbons (Fsp3) is 0.0667. The highest BCUT2D eigenvalue weighted by Crippen LogP contribution is 2.13. The van der Waals surface area contributed by atoms with Crippen LogP contribution in [0.2, 0.25) is 0 Å². The largest absolute Gasteiger partial charge is 0.399 e. The van der Waals surface area contributed by atoms with Crippen LogP contribution in [0.4, 0.5) is 21.9 Å². The van der Waals surface area contributed by atoms with E-state index in [4.69, 9.17) is 11.0 Å². The van der Waals surface area contributed by atoms with Crippen LogP contribution in [0.25, 0.3) is 0 Å². The van der Waals surface area contributed by atoms with Crippen LogP contribution in [0.5, 0.6) is 0 Å². The van der Waals surface area contributed by atoms with Crippen LogP contribution < -0.4 is 16.4 Å². The van der Waals surface area contributed by atoms with Crippen molar-refractivity contribution in [3.63, 3.8) is 0 Å². The molecule has 20 heavy (non-hydrogen) atoms. The van der Waals surface area contributed by atoms with E-state index in [1.807, 2.05) is 12.1 Å². The molecule has 0 saturated carbocycles. The summed E-state index contributed by atoms with van der Waals surface area (Å²) >= 11 is 0. The van der Waals surface area contributed by atoms with Gasteiger partial charge in [0.1, 0.15) is 0 Å². The highest BCUT2D eigenvalue weighted by molar-refractivity contribution is 5.99. The first kappa shape index (κ1) is 13.4. The number of nitrogens with two attached hydrogens (primary N) is 1. The lowest BCUT2D eigenvalue weighted by atomic mass is 10.1. The molecule has 2 amide bonds. The maximum absolute atomic E-state index is 11.8. The zero-order valence-corrected chi connectivity index (χ0v) is 10.8. The summed E-state index contributed by atoms with van der Waals surface area (Å²) in [5, 5.41) is 14.0. The van der Waals surface area contributed by atoms with Gasteiger partial charge in [0.15, 0.2) is 0 Å².